The molecule has 0 aliphatic carbocycles. The lowest BCUT2D eigenvalue weighted by molar-refractivity contribution is -0.124. The molecule has 2 rings (SSSR count). The van der Waals surface area contributed by atoms with Gasteiger partial charge in [-0.2, -0.15) is 0 Å². The lowest BCUT2D eigenvalue weighted by atomic mass is 9.85. The van der Waals surface area contributed by atoms with Gasteiger partial charge in [0, 0.05) is 4.47 Å². The maximum absolute atomic E-state index is 12.6. The SMILES string of the molecule is CC[C@H](C)[C@H](C(=O)NNC(=O)c1ccccc1Br)c1ccccc1. The van der Waals surface area contributed by atoms with Crippen molar-refractivity contribution >= 4 is 27.7 Å². The van der Waals surface area contributed by atoms with Crippen molar-refractivity contribution in [3.8, 4) is 0 Å². The van der Waals surface area contributed by atoms with Crippen LogP contribution >= 0.6 is 15.9 Å². The molecule has 0 bridgehead atoms. The second-order valence-electron chi connectivity index (χ2n) is 5.70. The van der Waals surface area contributed by atoms with Crippen LogP contribution in [0.4, 0.5) is 0 Å². The Morgan fingerprint density at radius 3 is 2.25 bits per heavy atom. The summed E-state index contributed by atoms with van der Waals surface area (Å²) in [6.45, 7) is 4.08. The molecule has 126 valence electrons. The number of halogens is 1. The van der Waals surface area contributed by atoms with Gasteiger partial charge in [0.25, 0.3) is 5.91 Å². The summed E-state index contributed by atoms with van der Waals surface area (Å²) in [6, 6.07) is 16.7. The first kappa shape index (κ1) is 18.2. The topological polar surface area (TPSA) is 58.2 Å². The van der Waals surface area contributed by atoms with Gasteiger partial charge in [0.1, 0.15) is 0 Å². The molecule has 2 N–H and O–H groups in total. The summed E-state index contributed by atoms with van der Waals surface area (Å²) in [5.41, 5.74) is 6.48. The molecule has 0 heterocycles. The Bertz CT molecular complexity index is 704. The summed E-state index contributed by atoms with van der Waals surface area (Å²) in [6.07, 6.45) is 0.866. The number of benzene rings is 2. The Kier molecular flexibility index (Phi) is 6.55. The van der Waals surface area contributed by atoms with E-state index in [1.54, 1.807) is 18.2 Å². The summed E-state index contributed by atoms with van der Waals surface area (Å²) in [5, 5.41) is 0. The van der Waals surface area contributed by atoms with Gasteiger partial charge < -0.3 is 0 Å². The van der Waals surface area contributed by atoms with Crippen LogP contribution in [0.25, 0.3) is 0 Å². The maximum Gasteiger partial charge on any atom is 0.270 e. The number of hydrazine groups is 1. The lowest BCUT2D eigenvalue weighted by Gasteiger charge is -2.23. The Balaban J connectivity index is 2.08. The second kappa shape index (κ2) is 8.64. The van der Waals surface area contributed by atoms with Crippen LogP contribution in [0.2, 0.25) is 0 Å². The minimum atomic E-state index is -0.355. The van der Waals surface area contributed by atoms with E-state index in [2.05, 4.69) is 26.8 Å². The summed E-state index contributed by atoms with van der Waals surface area (Å²) in [4.78, 5) is 24.8. The molecule has 0 radical (unpaired) electrons. The van der Waals surface area contributed by atoms with Crippen LogP contribution in [0.1, 0.15) is 42.1 Å². The molecule has 2 amide bonds. The molecule has 0 aliphatic rings. The van der Waals surface area contributed by atoms with E-state index in [1.165, 1.54) is 0 Å². The van der Waals surface area contributed by atoms with Crippen LogP contribution in [0.15, 0.2) is 59.1 Å². The molecule has 24 heavy (non-hydrogen) atoms. The minimum Gasteiger partial charge on any atom is -0.273 e. The van der Waals surface area contributed by atoms with Gasteiger partial charge in [0.15, 0.2) is 0 Å². The molecule has 5 heteroatoms. The molecule has 2 aromatic rings. The number of carbonyl (C=O) groups is 2. The van der Waals surface area contributed by atoms with Crippen molar-refractivity contribution in [2.75, 3.05) is 0 Å². The van der Waals surface area contributed by atoms with Gasteiger partial charge in [-0.3, -0.25) is 20.4 Å². The van der Waals surface area contributed by atoms with Crippen molar-refractivity contribution in [2.24, 2.45) is 5.92 Å². The summed E-state index contributed by atoms with van der Waals surface area (Å²) in [5.74, 6) is -0.716. The highest BCUT2D eigenvalue weighted by Gasteiger charge is 2.26. The van der Waals surface area contributed by atoms with Gasteiger partial charge in [-0.05, 0) is 39.5 Å². The highest BCUT2D eigenvalue weighted by molar-refractivity contribution is 9.10. The fourth-order valence-corrected chi connectivity index (χ4v) is 3.01. The molecule has 0 fully saturated rings. The molecule has 0 aliphatic heterocycles. The van der Waals surface area contributed by atoms with E-state index in [1.807, 2.05) is 50.2 Å². The zero-order valence-electron chi connectivity index (χ0n) is 13.8. The first-order valence-corrected chi connectivity index (χ1v) is 8.73. The van der Waals surface area contributed by atoms with Crippen LogP contribution in [-0.2, 0) is 4.79 Å². The third kappa shape index (κ3) is 4.45. The monoisotopic (exact) mass is 388 g/mol. The average Bonchev–Trinajstić information content (AvgIpc) is 2.61. The molecule has 2 aromatic carbocycles. The van der Waals surface area contributed by atoms with E-state index >= 15 is 0 Å². The van der Waals surface area contributed by atoms with Crippen LogP contribution in [0.5, 0.6) is 0 Å². The standard InChI is InChI=1S/C19H21BrN2O2/c1-3-13(2)17(14-9-5-4-6-10-14)19(24)22-21-18(23)15-11-7-8-12-16(15)20/h4-13,17H,3H2,1-2H3,(H,21,23)(H,22,24)/t13-,17-/m0/s1. The molecular formula is C19H21BrN2O2. The largest absolute Gasteiger partial charge is 0.273 e. The summed E-state index contributed by atoms with van der Waals surface area (Å²) < 4.78 is 0.679. The normalized spacial score (nSPS) is 13.0. The van der Waals surface area contributed by atoms with Gasteiger partial charge in [-0.25, -0.2) is 0 Å². The lowest BCUT2D eigenvalue weighted by Crippen LogP contribution is -2.45. The molecular weight excluding hydrogens is 368 g/mol. The van der Waals surface area contributed by atoms with Crippen molar-refractivity contribution < 1.29 is 9.59 Å². The number of nitrogens with one attached hydrogen (secondary N) is 2. The van der Waals surface area contributed by atoms with Crippen LogP contribution in [-0.4, -0.2) is 11.8 Å². The number of hydrogen-bond donors (Lipinski definition) is 2. The zero-order valence-corrected chi connectivity index (χ0v) is 15.3. The van der Waals surface area contributed by atoms with E-state index < -0.39 is 0 Å². The Labute approximate surface area is 150 Å². The summed E-state index contributed by atoms with van der Waals surface area (Å²) in [7, 11) is 0. The number of carbonyl (C=O) groups excluding carboxylic acids is 2. The van der Waals surface area contributed by atoms with Crippen molar-refractivity contribution in [2.45, 2.75) is 26.2 Å². The predicted molar refractivity (Wildman–Crippen MR) is 98.4 cm³/mol. The fourth-order valence-electron chi connectivity index (χ4n) is 2.54. The number of rotatable bonds is 5. The highest BCUT2D eigenvalue weighted by Crippen LogP contribution is 2.27. The molecule has 0 unspecified atom stereocenters. The van der Waals surface area contributed by atoms with Crippen molar-refractivity contribution in [1.29, 1.82) is 0 Å². The summed E-state index contributed by atoms with van der Waals surface area (Å²) >= 11 is 3.33. The van der Waals surface area contributed by atoms with E-state index in [9.17, 15) is 9.59 Å². The molecule has 4 nitrogen and oxygen atoms in total. The first-order chi connectivity index (χ1) is 11.5. The molecule has 0 spiro atoms. The zero-order chi connectivity index (χ0) is 17.5. The minimum absolute atomic E-state index is 0.160. The van der Waals surface area contributed by atoms with Gasteiger partial charge in [-0.15, -0.1) is 0 Å². The predicted octanol–water partition coefficient (Wildman–Crippen LogP) is 4.04. The molecule has 0 aromatic heterocycles. The van der Waals surface area contributed by atoms with E-state index in [4.69, 9.17) is 0 Å². The van der Waals surface area contributed by atoms with Gasteiger partial charge in [0.05, 0.1) is 11.5 Å². The quantitative estimate of drug-likeness (QED) is 0.759. The van der Waals surface area contributed by atoms with E-state index in [-0.39, 0.29) is 23.7 Å². The number of hydrogen-bond acceptors (Lipinski definition) is 2. The smallest absolute Gasteiger partial charge is 0.270 e. The second-order valence-corrected chi connectivity index (χ2v) is 6.55. The first-order valence-electron chi connectivity index (χ1n) is 7.94. The molecule has 0 saturated heterocycles. The van der Waals surface area contributed by atoms with Crippen molar-refractivity contribution in [3.05, 3.63) is 70.2 Å². The van der Waals surface area contributed by atoms with Gasteiger partial charge >= 0.3 is 0 Å². The average molecular weight is 389 g/mol. The van der Waals surface area contributed by atoms with Crippen LogP contribution in [0, 0.1) is 5.92 Å². The maximum atomic E-state index is 12.6. The Hall–Kier alpha value is -2.14. The number of amides is 2. The third-order valence-electron chi connectivity index (χ3n) is 4.07. The van der Waals surface area contributed by atoms with Crippen LogP contribution < -0.4 is 10.9 Å². The van der Waals surface area contributed by atoms with E-state index in [0.29, 0.717) is 10.0 Å². The Morgan fingerprint density at radius 1 is 1.00 bits per heavy atom. The van der Waals surface area contributed by atoms with Gasteiger partial charge in [0.2, 0.25) is 5.91 Å². The van der Waals surface area contributed by atoms with Crippen molar-refractivity contribution in [3.63, 3.8) is 0 Å². The third-order valence-corrected chi connectivity index (χ3v) is 4.76. The van der Waals surface area contributed by atoms with Crippen LogP contribution in [0.3, 0.4) is 0 Å². The molecule has 0 saturated carbocycles. The van der Waals surface area contributed by atoms with Crippen molar-refractivity contribution in [1.82, 2.24) is 10.9 Å². The molecule has 2 atom stereocenters. The van der Waals surface area contributed by atoms with E-state index in [0.717, 1.165) is 12.0 Å². The fraction of sp³-hybridized carbons (Fsp3) is 0.263. The Morgan fingerprint density at radius 2 is 1.62 bits per heavy atom. The van der Waals surface area contributed by atoms with Gasteiger partial charge in [-0.1, -0.05) is 62.7 Å². The highest BCUT2D eigenvalue weighted by atomic mass is 79.9.